The summed E-state index contributed by atoms with van der Waals surface area (Å²) >= 11 is 0. The lowest BCUT2D eigenvalue weighted by Gasteiger charge is -2.15. The summed E-state index contributed by atoms with van der Waals surface area (Å²) in [7, 11) is 0. The van der Waals surface area contributed by atoms with Crippen molar-refractivity contribution in [2.24, 2.45) is 0 Å². The third-order valence-electron chi connectivity index (χ3n) is 4.33. The Bertz CT molecular complexity index is 1130. The van der Waals surface area contributed by atoms with Crippen LogP contribution in [-0.2, 0) is 20.5 Å². The van der Waals surface area contributed by atoms with Gasteiger partial charge >= 0.3 is 12.1 Å². The molecule has 172 valence electrons. The molecule has 0 atom stereocenters. The molecule has 0 bridgehead atoms. The second kappa shape index (κ2) is 10.4. The molecule has 0 spiro atoms. The van der Waals surface area contributed by atoms with Crippen LogP contribution in [0.4, 0.5) is 24.5 Å². The Morgan fingerprint density at radius 1 is 1.15 bits per heavy atom. The summed E-state index contributed by atoms with van der Waals surface area (Å²) in [6, 6.07) is 9.81. The number of benzene rings is 2. The van der Waals surface area contributed by atoms with Crippen molar-refractivity contribution >= 4 is 29.3 Å². The number of hydrogen-bond donors (Lipinski definition) is 2. The monoisotopic (exact) mass is 459 g/mol. The lowest BCUT2D eigenvalue weighted by molar-refractivity contribution is -0.138. The minimum absolute atomic E-state index is 0.0541. The van der Waals surface area contributed by atoms with Gasteiger partial charge in [0.15, 0.2) is 0 Å². The minimum atomic E-state index is -4.57. The van der Waals surface area contributed by atoms with Crippen LogP contribution in [0.5, 0.6) is 0 Å². The molecule has 8 nitrogen and oxygen atoms in total. The molecule has 3 rings (SSSR count). The van der Waals surface area contributed by atoms with Crippen molar-refractivity contribution in [1.29, 1.82) is 0 Å². The number of carbonyl (C=O) groups is 2. The van der Waals surface area contributed by atoms with Crippen LogP contribution in [0.25, 0.3) is 11.8 Å². The van der Waals surface area contributed by atoms with Gasteiger partial charge in [-0.1, -0.05) is 12.1 Å². The quantitative estimate of drug-likeness (QED) is 0.392. The fourth-order valence-corrected chi connectivity index (χ4v) is 2.79. The number of halogens is 3. The van der Waals surface area contributed by atoms with E-state index in [4.69, 9.17) is 4.74 Å². The van der Waals surface area contributed by atoms with Gasteiger partial charge in [0.05, 0.1) is 30.1 Å². The first-order valence-electron chi connectivity index (χ1n) is 9.81. The smallest absolute Gasteiger partial charge is 0.416 e. The number of nitrogens with one attached hydrogen (secondary N) is 2. The van der Waals surface area contributed by atoms with Crippen molar-refractivity contribution in [1.82, 2.24) is 14.8 Å². The zero-order valence-electron chi connectivity index (χ0n) is 17.5. The van der Waals surface area contributed by atoms with Gasteiger partial charge < -0.3 is 15.4 Å². The molecule has 0 aliphatic carbocycles. The third kappa shape index (κ3) is 6.66. The SMILES string of the molecule is CCOC(=O)/C=C/c1ccc(NCC(=O)Nc2cc(C(F)(F)F)ccc2-n2cncn2)cc1. The summed E-state index contributed by atoms with van der Waals surface area (Å²) in [5.41, 5.74) is 0.646. The van der Waals surface area contributed by atoms with E-state index >= 15 is 0 Å². The van der Waals surface area contributed by atoms with Gasteiger partial charge in [-0.3, -0.25) is 4.79 Å². The Hall–Kier alpha value is -4.15. The van der Waals surface area contributed by atoms with E-state index in [2.05, 4.69) is 20.7 Å². The van der Waals surface area contributed by atoms with Gasteiger partial charge in [-0.05, 0) is 48.9 Å². The number of nitrogens with zero attached hydrogens (tertiary/aromatic N) is 3. The number of alkyl halides is 3. The number of hydrogen-bond acceptors (Lipinski definition) is 6. The fraction of sp³-hybridized carbons (Fsp3) is 0.182. The average molecular weight is 459 g/mol. The van der Waals surface area contributed by atoms with Crippen LogP contribution in [-0.4, -0.2) is 39.8 Å². The normalized spacial score (nSPS) is 11.4. The van der Waals surface area contributed by atoms with Crippen molar-refractivity contribution in [3.05, 3.63) is 72.3 Å². The molecule has 0 aliphatic heterocycles. The van der Waals surface area contributed by atoms with Crippen LogP contribution >= 0.6 is 0 Å². The summed E-state index contributed by atoms with van der Waals surface area (Å²) < 4.78 is 45.4. The van der Waals surface area contributed by atoms with Crippen LogP contribution in [0, 0.1) is 0 Å². The second-order valence-corrected chi connectivity index (χ2v) is 6.68. The predicted molar refractivity (Wildman–Crippen MR) is 116 cm³/mol. The Kier molecular flexibility index (Phi) is 7.44. The standard InChI is InChI=1S/C22H20F3N5O3/c1-2-33-21(32)10-5-15-3-7-17(8-4-15)27-12-20(31)29-18-11-16(22(23,24)25)6-9-19(18)30-14-26-13-28-30/h3-11,13-14,27H,2,12H2,1H3,(H,29,31)/b10-5+. The van der Waals surface area contributed by atoms with E-state index in [0.717, 1.165) is 17.7 Å². The van der Waals surface area contributed by atoms with Crippen molar-refractivity contribution < 1.29 is 27.5 Å². The first-order chi connectivity index (χ1) is 15.8. The molecule has 0 aliphatic rings. The maximum atomic E-state index is 13.1. The fourth-order valence-electron chi connectivity index (χ4n) is 2.79. The highest BCUT2D eigenvalue weighted by Gasteiger charge is 2.31. The van der Waals surface area contributed by atoms with E-state index in [-0.39, 0.29) is 24.5 Å². The van der Waals surface area contributed by atoms with E-state index in [1.807, 2.05) is 0 Å². The van der Waals surface area contributed by atoms with Gasteiger partial charge in [0.25, 0.3) is 0 Å². The molecule has 1 amide bonds. The molecule has 0 saturated carbocycles. The maximum absolute atomic E-state index is 13.1. The number of rotatable bonds is 8. The highest BCUT2D eigenvalue weighted by molar-refractivity contribution is 5.95. The summed E-state index contributed by atoms with van der Waals surface area (Å²) in [6.45, 7) is 1.81. The Balaban J connectivity index is 1.65. The lowest BCUT2D eigenvalue weighted by atomic mass is 10.1. The molecule has 33 heavy (non-hydrogen) atoms. The molecule has 2 N–H and O–H groups in total. The first-order valence-corrected chi connectivity index (χ1v) is 9.81. The zero-order valence-corrected chi connectivity index (χ0v) is 17.5. The largest absolute Gasteiger partial charge is 0.463 e. The van der Waals surface area contributed by atoms with Crippen LogP contribution < -0.4 is 10.6 Å². The van der Waals surface area contributed by atoms with Crippen molar-refractivity contribution in [3.8, 4) is 5.69 Å². The highest BCUT2D eigenvalue weighted by atomic mass is 19.4. The molecule has 0 fully saturated rings. The number of esters is 1. The van der Waals surface area contributed by atoms with E-state index < -0.39 is 23.6 Å². The molecule has 1 aromatic heterocycles. The lowest BCUT2D eigenvalue weighted by Crippen LogP contribution is -2.23. The summed E-state index contributed by atoms with van der Waals surface area (Å²) in [5, 5.41) is 9.28. The van der Waals surface area contributed by atoms with Crippen molar-refractivity contribution in [2.75, 3.05) is 23.8 Å². The number of amides is 1. The van der Waals surface area contributed by atoms with Crippen molar-refractivity contribution in [3.63, 3.8) is 0 Å². The molecular formula is C22H20F3N5O3. The number of carbonyl (C=O) groups excluding carboxylic acids is 2. The molecule has 0 radical (unpaired) electrons. The second-order valence-electron chi connectivity index (χ2n) is 6.68. The van der Waals surface area contributed by atoms with Crippen molar-refractivity contribution in [2.45, 2.75) is 13.1 Å². The Morgan fingerprint density at radius 2 is 1.91 bits per heavy atom. The van der Waals surface area contributed by atoms with Gasteiger partial charge in [0.1, 0.15) is 12.7 Å². The Morgan fingerprint density at radius 3 is 2.55 bits per heavy atom. The van der Waals surface area contributed by atoms with E-state index in [9.17, 15) is 22.8 Å². The van der Waals surface area contributed by atoms with Crippen LogP contribution in [0.15, 0.2) is 61.2 Å². The molecule has 0 unspecified atom stereocenters. The average Bonchev–Trinajstić information content (AvgIpc) is 3.31. The minimum Gasteiger partial charge on any atom is -0.463 e. The maximum Gasteiger partial charge on any atom is 0.416 e. The molecule has 3 aromatic rings. The molecule has 0 saturated heterocycles. The predicted octanol–water partition coefficient (Wildman–Crippen LogP) is 3.91. The summed E-state index contributed by atoms with van der Waals surface area (Å²) in [4.78, 5) is 27.5. The number of anilines is 2. The van der Waals surface area contributed by atoms with Crippen LogP contribution in [0.1, 0.15) is 18.1 Å². The molecule has 11 heteroatoms. The third-order valence-corrected chi connectivity index (χ3v) is 4.33. The summed E-state index contributed by atoms with van der Waals surface area (Å²) in [6.07, 6.45) is 0.877. The van der Waals surface area contributed by atoms with E-state index in [1.54, 1.807) is 37.3 Å². The topological polar surface area (TPSA) is 98.1 Å². The van der Waals surface area contributed by atoms with Gasteiger partial charge in [-0.25, -0.2) is 14.5 Å². The Labute approximate surface area is 187 Å². The van der Waals surface area contributed by atoms with Gasteiger partial charge in [-0.2, -0.15) is 18.3 Å². The van der Waals surface area contributed by atoms with E-state index in [1.165, 1.54) is 29.5 Å². The first kappa shape index (κ1) is 23.5. The van der Waals surface area contributed by atoms with Crippen LogP contribution in [0.2, 0.25) is 0 Å². The highest BCUT2D eigenvalue weighted by Crippen LogP contribution is 2.33. The molecule has 1 heterocycles. The van der Waals surface area contributed by atoms with E-state index in [0.29, 0.717) is 5.69 Å². The van der Waals surface area contributed by atoms with Gasteiger partial charge in [0.2, 0.25) is 5.91 Å². The number of aromatic nitrogens is 3. The van der Waals surface area contributed by atoms with Gasteiger partial charge in [0, 0.05) is 11.8 Å². The summed E-state index contributed by atoms with van der Waals surface area (Å²) in [5.74, 6) is -1.00. The van der Waals surface area contributed by atoms with Crippen LogP contribution in [0.3, 0.4) is 0 Å². The molecule has 2 aromatic carbocycles. The zero-order chi connectivity index (χ0) is 23.8. The van der Waals surface area contributed by atoms with Gasteiger partial charge in [-0.15, -0.1) is 0 Å². The number of ether oxygens (including phenoxy) is 1. The molecular weight excluding hydrogens is 439 g/mol.